The lowest BCUT2D eigenvalue weighted by Gasteiger charge is -2.20. The Morgan fingerprint density at radius 2 is 2.21 bits per heavy atom. The summed E-state index contributed by atoms with van der Waals surface area (Å²) in [5, 5.41) is 11.0. The average molecular weight is 327 g/mol. The minimum Gasteiger partial charge on any atom is -0.464 e. The van der Waals surface area contributed by atoms with Crippen molar-refractivity contribution in [2.24, 2.45) is 0 Å². The monoisotopic (exact) mass is 326 g/mol. The van der Waals surface area contributed by atoms with Crippen molar-refractivity contribution in [3.8, 4) is 0 Å². The summed E-state index contributed by atoms with van der Waals surface area (Å²) in [6, 6.07) is 6.30. The van der Waals surface area contributed by atoms with E-state index in [1.807, 2.05) is 0 Å². The van der Waals surface area contributed by atoms with Crippen molar-refractivity contribution in [2.45, 2.75) is 4.83 Å². The SMILES string of the molecule is COC(=O)C1=CC(Br)CN1c1ccccc1[N+](=O)[O-]. The highest BCUT2D eigenvalue weighted by Crippen LogP contribution is 2.34. The van der Waals surface area contributed by atoms with E-state index in [0.717, 1.165) is 0 Å². The molecule has 6 nitrogen and oxygen atoms in total. The summed E-state index contributed by atoms with van der Waals surface area (Å²) in [6.45, 7) is 0.440. The number of methoxy groups -OCH3 is 1. The third-order valence-electron chi connectivity index (χ3n) is 2.75. The maximum Gasteiger partial charge on any atom is 0.354 e. The van der Waals surface area contributed by atoms with Gasteiger partial charge in [-0.15, -0.1) is 0 Å². The zero-order chi connectivity index (χ0) is 14.0. The first-order valence-corrected chi connectivity index (χ1v) is 6.41. The molecule has 1 aromatic carbocycles. The smallest absolute Gasteiger partial charge is 0.354 e. The van der Waals surface area contributed by atoms with Crippen molar-refractivity contribution >= 4 is 33.3 Å². The van der Waals surface area contributed by atoms with E-state index in [9.17, 15) is 14.9 Å². The van der Waals surface area contributed by atoms with Crippen LogP contribution in [-0.2, 0) is 9.53 Å². The molecule has 0 saturated heterocycles. The first-order valence-electron chi connectivity index (χ1n) is 5.49. The quantitative estimate of drug-likeness (QED) is 0.368. The number of para-hydroxylation sites is 2. The lowest BCUT2D eigenvalue weighted by molar-refractivity contribution is -0.384. The normalized spacial score (nSPS) is 18.1. The Hall–Kier alpha value is -1.89. The van der Waals surface area contributed by atoms with Gasteiger partial charge in [0.25, 0.3) is 5.69 Å². The Labute approximate surface area is 117 Å². The number of ether oxygens (including phenoxy) is 1. The fourth-order valence-corrected chi connectivity index (χ4v) is 2.48. The van der Waals surface area contributed by atoms with Crippen LogP contribution in [0.3, 0.4) is 0 Å². The molecule has 2 rings (SSSR count). The van der Waals surface area contributed by atoms with E-state index in [4.69, 9.17) is 4.74 Å². The fraction of sp³-hybridized carbons (Fsp3) is 0.250. The second kappa shape index (κ2) is 5.40. The molecule has 1 aliphatic rings. The van der Waals surface area contributed by atoms with Gasteiger partial charge in [0.05, 0.1) is 16.9 Å². The maximum absolute atomic E-state index is 11.7. The van der Waals surface area contributed by atoms with E-state index in [2.05, 4.69) is 15.9 Å². The van der Waals surface area contributed by atoms with Gasteiger partial charge in [-0.1, -0.05) is 28.1 Å². The number of hydrogen-bond donors (Lipinski definition) is 0. The topological polar surface area (TPSA) is 72.7 Å². The number of benzene rings is 1. The summed E-state index contributed by atoms with van der Waals surface area (Å²) in [4.78, 5) is 23.8. The summed E-state index contributed by atoms with van der Waals surface area (Å²) in [5.41, 5.74) is 0.642. The lowest BCUT2D eigenvalue weighted by atomic mass is 10.2. The molecular formula is C12H11BrN2O4. The molecule has 0 aliphatic carbocycles. The van der Waals surface area contributed by atoms with Crippen LogP contribution in [0, 0.1) is 10.1 Å². The molecule has 0 aromatic heterocycles. The number of rotatable bonds is 3. The van der Waals surface area contributed by atoms with Gasteiger partial charge in [-0.3, -0.25) is 10.1 Å². The number of esters is 1. The number of carbonyl (C=O) groups excluding carboxylic acids is 1. The summed E-state index contributed by atoms with van der Waals surface area (Å²) >= 11 is 3.38. The molecule has 0 amide bonds. The minimum atomic E-state index is -0.514. The Bertz CT molecular complexity index is 558. The zero-order valence-electron chi connectivity index (χ0n) is 10.1. The molecule has 19 heavy (non-hydrogen) atoms. The molecular weight excluding hydrogens is 316 g/mol. The number of anilines is 1. The molecule has 1 aliphatic heterocycles. The van der Waals surface area contributed by atoms with Gasteiger partial charge < -0.3 is 9.64 Å². The molecule has 1 aromatic rings. The number of nitro benzene ring substituents is 1. The van der Waals surface area contributed by atoms with Crippen LogP contribution in [0.5, 0.6) is 0 Å². The molecule has 0 N–H and O–H groups in total. The highest BCUT2D eigenvalue weighted by molar-refractivity contribution is 9.09. The molecule has 100 valence electrons. The molecule has 0 radical (unpaired) electrons. The van der Waals surface area contributed by atoms with Gasteiger partial charge in [-0.05, 0) is 12.1 Å². The van der Waals surface area contributed by atoms with E-state index in [1.54, 1.807) is 29.2 Å². The predicted molar refractivity (Wildman–Crippen MR) is 73.3 cm³/mol. The molecule has 0 saturated carbocycles. The highest BCUT2D eigenvalue weighted by atomic mass is 79.9. The Morgan fingerprint density at radius 3 is 2.84 bits per heavy atom. The van der Waals surface area contributed by atoms with Crippen LogP contribution in [0.2, 0.25) is 0 Å². The largest absolute Gasteiger partial charge is 0.464 e. The second-order valence-corrected chi connectivity index (χ2v) is 5.09. The van der Waals surface area contributed by atoms with Crippen LogP contribution in [0.4, 0.5) is 11.4 Å². The zero-order valence-corrected chi connectivity index (χ0v) is 11.7. The summed E-state index contributed by atoms with van der Waals surface area (Å²) in [6.07, 6.45) is 1.68. The Kier molecular flexibility index (Phi) is 3.84. The number of hydrogen-bond acceptors (Lipinski definition) is 5. The summed E-state index contributed by atoms with van der Waals surface area (Å²) < 4.78 is 4.69. The second-order valence-electron chi connectivity index (χ2n) is 3.92. The van der Waals surface area contributed by atoms with Gasteiger partial charge in [0.1, 0.15) is 11.4 Å². The number of carbonyl (C=O) groups is 1. The van der Waals surface area contributed by atoms with Crippen molar-refractivity contribution in [1.82, 2.24) is 0 Å². The lowest BCUT2D eigenvalue weighted by Crippen LogP contribution is -2.26. The number of nitro groups is 1. The molecule has 1 atom stereocenters. The standard InChI is InChI=1S/C12H11BrN2O4/c1-19-12(16)11-6-8(13)7-14(11)9-4-2-3-5-10(9)15(17)18/h2-6,8H,7H2,1H3. The first-order chi connectivity index (χ1) is 9.04. The third kappa shape index (κ3) is 2.60. The van der Waals surface area contributed by atoms with E-state index < -0.39 is 10.9 Å². The molecule has 1 heterocycles. The molecule has 1 unspecified atom stereocenters. The maximum atomic E-state index is 11.7. The van der Waals surface area contributed by atoms with Crippen molar-refractivity contribution in [3.63, 3.8) is 0 Å². The molecule has 0 bridgehead atoms. The van der Waals surface area contributed by atoms with Crippen molar-refractivity contribution in [3.05, 3.63) is 46.2 Å². The minimum absolute atomic E-state index is 0.0427. The van der Waals surface area contributed by atoms with Gasteiger partial charge in [0.2, 0.25) is 0 Å². The number of nitrogens with zero attached hydrogens (tertiary/aromatic N) is 2. The first kappa shape index (κ1) is 13.5. The fourth-order valence-electron chi connectivity index (χ4n) is 1.94. The Morgan fingerprint density at radius 1 is 1.53 bits per heavy atom. The Balaban J connectivity index is 2.45. The van der Waals surface area contributed by atoms with Gasteiger partial charge in [-0.2, -0.15) is 0 Å². The van der Waals surface area contributed by atoms with Gasteiger partial charge >= 0.3 is 5.97 Å². The van der Waals surface area contributed by atoms with Gasteiger partial charge in [0, 0.05) is 12.6 Å². The van der Waals surface area contributed by atoms with Crippen LogP contribution in [0.1, 0.15) is 0 Å². The summed E-state index contributed by atoms with van der Waals surface area (Å²) in [7, 11) is 1.28. The van der Waals surface area contributed by atoms with Crippen LogP contribution in [0.25, 0.3) is 0 Å². The third-order valence-corrected chi connectivity index (χ3v) is 3.30. The van der Waals surface area contributed by atoms with Crippen LogP contribution < -0.4 is 4.90 Å². The van der Waals surface area contributed by atoms with Gasteiger partial charge in [0.15, 0.2) is 0 Å². The highest BCUT2D eigenvalue weighted by Gasteiger charge is 2.32. The van der Waals surface area contributed by atoms with Crippen molar-refractivity contribution in [2.75, 3.05) is 18.6 Å². The molecule has 0 spiro atoms. The van der Waals surface area contributed by atoms with Crippen molar-refractivity contribution in [1.29, 1.82) is 0 Å². The predicted octanol–water partition coefficient (Wildman–Crippen LogP) is 2.24. The van der Waals surface area contributed by atoms with E-state index in [0.29, 0.717) is 17.9 Å². The van der Waals surface area contributed by atoms with Gasteiger partial charge in [-0.25, -0.2) is 4.79 Å². The number of alkyl halides is 1. The molecule has 0 fully saturated rings. The van der Waals surface area contributed by atoms with E-state index in [-0.39, 0.29) is 10.5 Å². The van der Waals surface area contributed by atoms with E-state index >= 15 is 0 Å². The summed E-state index contributed by atoms with van der Waals surface area (Å²) in [5.74, 6) is -0.514. The van der Waals surface area contributed by atoms with Crippen LogP contribution in [-0.4, -0.2) is 29.4 Å². The van der Waals surface area contributed by atoms with Crippen LogP contribution >= 0.6 is 15.9 Å². The average Bonchev–Trinajstić information content (AvgIpc) is 2.79. The van der Waals surface area contributed by atoms with E-state index in [1.165, 1.54) is 13.2 Å². The number of halogens is 1. The molecule has 7 heteroatoms. The van der Waals surface area contributed by atoms with Crippen LogP contribution in [0.15, 0.2) is 36.0 Å². The van der Waals surface area contributed by atoms with Crippen molar-refractivity contribution < 1.29 is 14.5 Å².